The summed E-state index contributed by atoms with van der Waals surface area (Å²) in [6.07, 6.45) is 3.46. The van der Waals surface area contributed by atoms with E-state index in [1.54, 1.807) is 11.1 Å². The van der Waals surface area contributed by atoms with Crippen molar-refractivity contribution in [3.8, 4) is 0 Å². The van der Waals surface area contributed by atoms with Gasteiger partial charge in [0.15, 0.2) is 0 Å². The SMILES string of the molecule is NC(=O)C1CCCN(c2ncccc2CNC(=O)N2CCOCC2)C1. The third-order valence-corrected chi connectivity index (χ3v) is 4.72. The summed E-state index contributed by atoms with van der Waals surface area (Å²) in [5, 5.41) is 2.96. The van der Waals surface area contributed by atoms with Crippen LogP contribution >= 0.6 is 0 Å². The molecule has 0 aromatic carbocycles. The highest BCUT2D eigenvalue weighted by Gasteiger charge is 2.26. The van der Waals surface area contributed by atoms with E-state index in [0.29, 0.717) is 39.4 Å². The molecule has 0 spiro atoms. The number of carbonyl (C=O) groups is 2. The van der Waals surface area contributed by atoms with Crippen LogP contribution in [-0.2, 0) is 16.1 Å². The van der Waals surface area contributed by atoms with E-state index in [4.69, 9.17) is 10.5 Å². The molecule has 3 heterocycles. The van der Waals surface area contributed by atoms with Crippen molar-refractivity contribution in [3.05, 3.63) is 23.9 Å². The fraction of sp³-hybridized carbons (Fsp3) is 0.588. The number of nitrogens with two attached hydrogens (primary N) is 1. The van der Waals surface area contributed by atoms with Gasteiger partial charge in [-0.05, 0) is 18.9 Å². The highest BCUT2D eigenvalue weighted by atomic mass is 16.5. The van der Waals surface area contributed by atoms with Crippen LogP contribution in [0.15, 0.2) is 18.3 Å². The van der Waals surface area contributed by atoms with E-state index in [2.05, 4.69) is 15.2 Å². The molecule has 1 atom stereocenters. The predicted molar refractivity (Wildman–Crippen MR) is 93.0 cm³/mol. The van der Waals surface area contributed by atoms with Gasteiger partial charge in [0.2, 0.25) is 5.91 Å². The molecule has 2 fully saturated rings. The quantitative estimate of drug-likeness (QED) is 0.817. The second-order valence-electron chi connectivity index (χ2n) is 6.43. The number of hydrogen-bond donors (Lipinski definition) is 2. The Balaban J connectivity index is 1.64. The Morgan fingerprint density at radius 1 is 1.32 bits per heavy atom. The van der Waals surface area contributed by atoms with E-state index >= 15 is 0 Å². The van der Waals surface area contributed by atoms with E-state index in [0.717, 1.165) is 30.8 Å². The van der Waals surface area contributed by atoms with E-state index in [1.807, 2.05) is 12.1 Å². The molecule has 8 heteroatoms. The summed E-state index contributed by atoms with van der Waals surface area (Å²) in [5.74, 6) is 0.407. The molecular formula is C17H25N5O3. The summed E-state index contributed by atoms with van der Waals surface area (Å²) in [6.45, 7) is 4.19. The third-order valence-electron chi connectivity index (χ3n) is 4.72. The number of pyridine rings is 1. The van der Waals surface area contributed by atoms with Gasteiger partial charge in [-0.15, -0.1) is 0 Å². The summed E-state index contributed by atoms with van der Waals surface area (Å²) >= 11 is 0. The summed E-state index contributed by atoms with van der Waals surface area (Å²) in [6, 6.07) is 3.72. The number of carbonyl (C=O) groups excluding carboxylic acids is 2. The zero-order valence-electron chi connectivity index (χ0n) is 14.3. The average molecular weight is 347 g/mol. The van der Waals surface area contributed by atoms with Gasteiger partial charge < -0.3 is 25.6 Å². The lowest BCUT2D eigenvalue weighted by molar-refractivity contribution is -0.122. The number of nitrogens with zero attached hydrogens (tertiary/aromatic N) is 3. The number of piperidine rings is 1. The van der Waals surface area contributed by atoms with Crippen molar-refractivity contribution < 1.29 is 14.3 Å². The van der Waals surface area contributed by atoms with Crippen molar-refractivity contribution in [2.24, 2.45) is 11.7 Å². The van der Waals surface area contributed by atoms with Crippen LogP contribution in [0.4, 0.5) is 10.6 Å². The van der Waals surface area contributed by atoms with Gasteiger partial charge in [0, 0.05) is 44.5 Å². The largest absolute Gasteiger partial charge is 0.378 e. The van der Waals surface area contributed by atoms with Gasteiger partial charge in [0.05, 0.1) is 19.1 Å². The molecule has 1 aromatic heterocycles. The van der Waals surface area contributed by atoms with Gasteiger partial charge in [-0.2, -0.15) is 0 Å². The molecule has 0 aliphatic carbocycles. The maximum atomic E-state index is 12.3. The lowest BCUT2D eigenvalue weighted by Crippen LogP contribution is -2.46. The fourth-order valence-electron chi connectivity index (χ4n) is 3.30. The number of hydrogen-bond acceptors (Lipinski definition) is 5. The molecule has 25 heavy (non-hydrogen) atoms. The van der Waals surface area contributed by atoms with Crippen LogP contribution in [-0.4, -0.2) is 61.2 Å². The molecule has 3 amide bonds. The molecule has 8 nitrogen and oxygen atoms in total. The first-order valence-electron chi connectivity index (χ1n) is 8.74. The van der Waals surface area contributed by atoms with Crippen LogP contribution in [0.1, 0.15) is 18.4 Å². The topological polar surface area (TPSA) is 101 Å². The molecule has 3 rings (SSSR count). The Kier molecular flexibility index (Phi) is 5.70. The minimum Gasteiger partial charge on any atom is -0.378 e. The van der Waals surface area contributed by atoms with Crippen molar-refractivity contribution in [1.82, 2.24) is 15.2 Å². The summed E-state index contributed by atoms with van der Waals surface area (Å²) in [7, 11) is 0. The van der Waals surface area contributed by atoms with Gasteiger partial charge in [-0.25, -0.2) is 9.78 Å². The number of morpholine rings is 1. The first kappa shape index (κ1) is 17.5. The van der Waals surface area contributed by atoms with Crippen LogP contribution in [0.25, 0.3) is 0 Å². The number of amides is 3. The summed E-state index contributed by atoms with van der Waals surface area (Å²) in [4.78, 5) is 32.1. The molecule has 0 saturated carbocycles. The number of urea groups is 1. The zero-order chi connectivity index (χ0) is 17.6. The smallest absolute Gasteiger partial charge is 0.317 e. The Labute approximate surface area is 147 Å². The molecule has 2 aliphatic rings. The lowest BCUT2D eigenvalue weighted by Gasteiger charge is -2.33. The molecule has 0 bridgehead atoms. The minimum atomic E-state index is -0.261. The van der Waals surface area contributed by atoms with Crippen LogP contribution in [0.5, 0.6) is 0 Å². The van der Waals surface area contributed by atoms with Crippen LogP contribution < -0.4 is 16.0 Å². The molecule has 1 aromatic rings. The van der Waals surface area contributed by atoms with Crippen molar-refractivity contribution in [2.75, 3.05) is 44.3 Å². The first-order chi connectivity index (χ1) is 12.1. The van der Waals surface area contributed by atoms with E-state index in [9.17, 15) is 9.59 Å². The molecule has 0 radical (unpaired) electrons. The van der Waals surface area contributed by atoms with E-state index in [1.165, 1.54) is 0 Å². The molecule has 3 N–H and O–H groups in total. The lowest BCUT2D eigenvalue weighted by atomic mass is 9.97. The van der Waals surface area contributed by atoms with E-state index in [-0.39, 0.29) is 17.9 Å². The highest BCUT2D eigenvalue weighted by Crippen LogP contribution is 2.24. The van der Waals surface area contributed by atoms with Gasteiger partial charge in [0.1, 0.15) is 5.82 Å². The Bertz CT molecular complexity index is 618. The number of ether oxygens (including phenoxy) is 1. The van der Waals surface area contributed by atoms with Crippen LogP contribution in [0.3, 0.4) is 0 Å². The second-order valence-corrected chi connectivity index (χ2v) is 6.43. The second kappa shape index (κ2) is 8.15. The van der Waals surface area contributed by atoms with Crippen LogP contribution in [0, 0.1) is 5.92 Å². The zero-order valence-corrected chi connectivity index (χ0v) is 14.3. The van der Waals surface area contributed by atoms with Gasteiger partial charge in [0.25, 0.3) is 0 Å². The van der Waals surface area contributed by atoms with Gasteiger partial charge in [-0.1, -0.05) is 6.07 Å². The average Bonchev–Trinajstić information content (AvgIpc) is 2.67. The Hall–Kier alpha value is -2.35. The first-order valence-corrected chi connectivity index (χ1v) is 8.74. The van der Waals surface area contributed by atoms with Crippen molar-refractivity contribution in [3.63, 3.8) is 0 Å². The maximum Gasteiger partial charge on any atom is 0.317 e. The van der Waals surface area contributed by atoms with Gasteiger partial charge in [-0.3, -0.25) is 4.79 Å². The minimum absolute atomic E-state index is 0.0910. The highest BCUT2D eigenvalue weighted by molar-refractivity contribution is 5.77. The Morgan fingerprint density at radius 2 is 2.12 bits per heavy atom. The van der Waals surface area contributed by atoms with Gasteiger partial charge >= 0.3 is 6.03 Å². The van der Waals surface area contributed by atoms with Crippen LogP contribution in [0.2, 0.25) is 0 Å². The summed E-state index contributed by atoms with van der Waals surface area (Å²) in [5.41, 5.74) is 6.41. The molecule has 2 saturated heterocycles. The molecular weight excluding hydrogens is 322 g/mol. The normalized spacial score (nSPS) is 21.0. The number of nitrogens with one attached hydrogen (secondary N) is 1. The van der Waals surface area contributed by atoms with Crippen molar-refractivity contribution >= 4 is 17.8 Å². The number of anilines is 1. The third kappa shape index (κ3) is 4.39. The predicted octanol–water partition coefficient (Wildman–Crippen LogP) is 0.325. The number of primary amides is 1. The van der Waals surface area contributed by atoms with E-state index < -0.39 is 0 Å². The number of rotatable bonds is 4. The monoisotopic (exact) mass is 347 g/mol. The summed E-state index contributed by atoms with van der Waals surface area (Å²) < 4.78 is 5.26. The molecule has 1 unspecified atom stereocenters. The Morgan fingerprint density at radius 3 is 2.88 bits per heavy atom. The number of aromatic nitrogens is 1. The standard InChI is InChI=1S/C17H25N5O3/c18-15(23)14-4-2-6-22(12-14)16-13(3-1-5-19-16)11-20-17(24)21-7-9-25-10-8-21/h1,3,5,14H,2,4,6-12H2,(H2,18,23)(H,20,24). The molecule has 2 aliphatic heterocycles. The van der Waals surface area contributed by atoms with Crippen molar-refractivity contribution in [2.45, 2.75) is 19.4 Å². The van der Waals surface area contributed by atoms with Crippen molar-refractivity contribution in [1.29, 1.82) is 0 Å². The molecule has 136 valence electrons. The maximum absolute atomic E-state index is 12.3. The fourth-order valence-corrected chi connectivity index (χ4v) is 3.30.